The third kappa shape index (κ3) is 3.59. The summed E-state index contributed by atoms with van der Waals surface area (Å²) in [5, 5.41) is 2.76. The Labute approximate surface area is 127 Å². The van der Waals surface area contributed by atoms with Gasteiger partial charge in [0.15, 0.2) is 0 Å². The summed E-state index contributed by atoms with van der Waals surface area (Å²) < 4.78 is 6.78. The summed E-state index contributed by atoms with van der Waals surface area (Å²) >= 11 is 1.63. The van der Waals surface area contributed by atoms with Gasteiger partial charge in [-0.3, -0.25) is 9.59 Å². The monoisotopic (exact) mass is 306 g/mol. The first-order valence-electron chi connectivity index (χ1n) is 6.56. The molecule has 0 saturated carbocycles. The molecule has 0 aliphatic carbocycles. The first kappa shape index (κ1) is 15.5. The van der Waals surface area contributed by atoms with Gasteiger partial charge in [0.1, 0.15) is 11.7 Å². The van der Waals surface area contributed by atoms with E-state index in [1.54, 1.807) is 37.8 Å². The third-order valence-electron chi connectivity index (χ3n) is 3.18. The second kappa shape index (κ2) is 6.69. The van der Waals surface area contributed by atoms with Crippen LogP contribution < -0.4 is 10.9 Å². The molecular weight excluding hydrogens is 288 g/mol. The SMILES string of the molecule is CO[C@H](CNC(=O)c1cccn(C)c1=O)c1ccc(C)s1. The summed E-state index contributed by atoms with van der Waals surface area (Å²) in [6.45, 7) is 2.35. The molecule has 0 saturated heterocycles. The highest BCUT2D eigenvalue weighted by atomic mass is 32.1. The van der Waals surface area contributed by atoms with E-state index in [1.807, 2.05) is 19.1 Å². The summed E-state index contributed by atoms with van der Waals surface area (Å²) in [6.07, 6.45) is 1.41. The van der Waals surface area contributed by atoms with E-state index in [9.17, 15) is 9.59 Å². The Balaban J connectivity index is 2.06. The molecule has 1 N–H and O–H groups in total. The number of hydrogen-bond donors (Lipinski definition) is 1. The van der Waals surface area contributed by atoms with Gasteiger partial charge in [-0.2, -0.15) is 0 Å². The Bertz CT molecular complexity index is 690. The van der Waals surface area contributed by atoms with Crippen LogP contribution in [0.4, 0.5) is 0 Å². The number of carbonyl (C=O) groups excluding carboxylic acids is 1. The minimum atomic E-state index is -0.383. The Morgan fingerprint density at radius 3 is 2.81 bits per heavy atom. The van der Waals surface area contributed by atoms with Crippen LogP contribution >= 0.6 is 11.3 Å². The number of ether oxygens (including phenoxy) is 1. The van der Waals surface area contributed by atoms with Crippen LogP contribution in [-0.2, 0) is 11.8 Å². The molecule has 0 aliphatic heterocycles. The molecule has 21 heavy (non-hydrogen) atoms. The number of rotatable bonds is 5. The van der Waals surface area contributed by atoms with Crippen LogP contribution in [0.15, 0.2) is 35.3 Å². The van der Waals surface area contributed by atoms with Gasteiger partial charge in [0.25, 0.3) is 11.5 Å². The number of nitrogens with one attached hydrogen (secondary N) is 1. The lowest BCUT2D eigenvalue weighted by Gasteiger charge is -2.14. The van der Waals surface area contributed by atoms with Crippen molar-refractivity contribution in [2.45, 2.75) is 13.0 Å². The highest BCUT2D eigenvalue weighted by Crippen LogP contribution is 2.24. The lowest BCUT2D eigenvalue weighted by atomic mass is 10.2. The Kier molecular flexibility index (Phi) is 4.93. The zero-order valence-electron chi connectivity index (χ0n) is 12.3. The van der Waals surface area contributed by atoms with Crippen LogP contribution in [0.1, 0.15) is 26.2 Å². The van der Waals surface area contributed by atoms with E-state index in [4.69, 9.17) is 4.74 Å². The standard InChI is InChI=1S/C15H18N2O3S/c1-10-6-7-13(21-10)12(20-3)9-16-14(18)11-5-4-8-17(2)15(11)19/h4-8,12H,9H2,1-3H3,(H,16,18)/t12-/m1/s1. The largest absolute Gasteiger partial charge is 0.374 e. The van der Waals surface area contributed by atoms with Gasteiger partial charge in [-0.1, -0.05) is 0 Å². The lowest BCUT2D eigenvalue weighted by Crippen LogP contribution is -2.34. The molecule has 0 spiro atoms. The van der Waals surface area contributed by atoms with Crippen LogP contribution in [0, 0.1) is 6.92 Å². The minimum Gasteiger partial charge on any atom is -0.374 e. The van der Waals surface area contributed by atoms with Crippen molar-refractivity contribution in [3.63, 3.8) is 0 Å². The van der Waals surface area contributed by atoms with Crippen molar-refractivity contribution in [2.24, 2.45) is 7.05 Å². The van der Waals surface area contributed by atoms with Gasteiger partial charge in [-0.15, -0.1) is 11.3 Å². The van der Waals surface area contributed by atoms with Crippen LogP contribution in [-0.4, -0.2) is 24.1 Å². The van der Waals surface area contributed by atoms with Crippen molar-refractivity contribution < 1.29 is 9.53 Å². The van der Waals surface area contributed by atoms with Crippen molar-refractivity contribution in [1.29, 1.82) is 0 Å². The molecule has 1 atom stereocenters. The highest BCUT2D eigenvalue weighted by Gasteiger charge is 2.16. The maximum Gasteiger partial charge on any atom is 0.263 e. The zero-order valence-corrected chi connectivity index (χ0v) is 13.1. The van der Waals surface area contributed by atoms with Crippen molar-refractivity contribution in [3.05, 3.63) is 56.1 Å². The number of nitrogens with zero attached hydrogens (tertiary/aromatic N) is 1. The summed E-state index contributed by atoms with van der Waals surface area (Å²) in [5.74, 6) is -0.383. The molecule has 2 aromatic heterocycles. The quantitative estimate of drug-likeness (QED) is 0.917. The van der Waals surface area contributed by atoms with Gasteiger partial charge >= 0.3 is 0 Å². The molecule has 2 aromatic rings. The maximum atomic E-state index is 12.1. The summed E-state index contributed by atoms with van der Waals surface area (Å²) in [4.78, 5) is 26.2. The molecule has 0 bridgehead atoms. The van der Waals surface area contributed by atoms with Crippen LogP contribution in [0.3, 0.4) is 0 Å². The fourth-order valence-electron chi connectivity index (χ4n) is 1.98. The average molecular weight is 306 g/mol. The van der Waals surface area contributed by atoms with Gasteiger partial charge in [-0.05, 0) is 31.2 Å². The third-order valence-corrected chi connectivity index (χ3v) is 4.27. The topological polar surface area (TPSA) is 60.3 Å². The van der Waals surface area contributed by atoms with Crippen molar-refractivity contribution in [3.8, 4) is 0 Å². The molecule has 0 aliphatic rings. The van der Waals surface area contributed by atoms with Gasteiger partial charge in [0.05, 0.1) is 0 Å². The number of pyridine rings is 1. The van der Waals surface area contributed by atoms with E-state index in [1.165, 1.54) is 15.5 Å². The van der Waals surface area contributed by atoms with E-state index < -0.39 is 0 Å². The van der Waals surface area contributed by atoms with Gasteiger partial charge < -0.3 is 14.6 Å². The molecule has 0 fully saturated rings. The number of aromatic nitrogens is 1. The molecule has 1 amide bonds. The summed E-state index contributed by atoms with van der Waals surface area (Å²) in [7, 11) is 3.22. The minimum absolute atomic E-state index is 0.136. The number of amides is 1. The smallest absolute Gasteiger partial charge is 0.263 e. The molecule has 112 valence electrons. The number of carbonyl (C=O) groups is 1. The Hall–Kier alpha value is -1.92. The number of thiophene rings is 1. The zero-order chi connectivity index (χ0) is 15.4. The van der Waals surface area contributed by atoms with Crippen LogP contribution in [0.5, 0.6) is 0 Å². The van der Waals surface area contributed by atoms with E-state index in [-0.39, 0.29) is 23.1 Å². The predicted molar refractivity (Wildman–Crippen MR) is 82.8 cm³/mol. The number of hydrogen-bond acceptors (Lipinski definition) is 4. The van der Waals surface area contributed by atoms with E-state index in [0.717, 1.165) is 4.88 Å². The molecular formula is C15H18N2O3S. The van der Waals surface area contributed by atoms with Gasteiger partial charge in [-0.25, -0.2) is 0 Å². The Morgan fingerprint density at radius 2 is 2.19 bits per heavy atom. The maximum absolute atomic E-state index is 12.1. The van der Waals surface area contributed by atoms with E-state index in [0.29, 0.717) is 6.54 Å². The molecule has 2 rings (SSSR count). The predicted octanol–water partition coefficient (Wildman–Crippen LogP) is 1.87. The molecule has 0 radical (unpaired) electrons. The van der Waals surface area contributed by atoms with Crippen molar-refractivity contribution >= 4 is 17.2 Å². The van der Waals surface area contributed by atoms with Gasteiger partial charge in [0.2, 0.25) is 0 Å². The fraction of sp³-hybridized carbons (Fsp3) is 0.333. The van der Waals surface area contributed by atoms with Crippen molar-refractivity contribution in [1.82, 2.24) is 9.88 Å². The van der Waals surface area contributed by atoms with Crippen LogP contribution in [0.2, 0.25) is 0 Å². The normalized spacial score (nSPS) is 12.1. The first-order valence-corrected chi connectivity index (χ1v) is 7.37. The number of aryl methyl sites for hydroxylation is 2. The molecule has 5 nitrogen and oxygen atoms in total. The van der Waals surface area contributed by atoms with Crippen LogP contribution in [0.25, 0.3) is 0 Å². The Morgan fingerprint density at radius 1 is 1.43 bits per heavy atom. The first-order chi connectivity index (χ1) is 10.0. The average Bonchev–Trinajstić information content (AvgIpc) is 2.89. The van der Waals surface area contributed by atoms with E-state index in [2.05, 4.69) is 5.32 Å². The van der Waals surface area contributed by atoms with Crippen molar-refractivity contribution in [2.75, 3.05) is 13.7 Å². The highest BCUT2D eigenvalue weighted by molar-refractivity contribution is 7.12. The summed E-state index contributed by atoms with van der Waals surface area (Å²) in [5.41, 5.74) is -0.173. The summed E-state index contributed by atoms with van der Waals surface area (Å²) in [6, 6.07) is 7.20. The second-order valence-electron chi connectivity index (χ2n) is 4.72. The number of methoxy groups -OCH3 is 1. The molecule has 0 aromatic carbocycles. The van der Waals surface area contributed by atoms with E-state index >= 15 is 0 Å². The van der Waals surface area contributed by atoms with Gasteiger partial charge in [0, 0.05) is 36.7 Å². The molecule has 2 heterocycles. The second-order valence-corrected chi connectivity index (χ2v) is 6.04. The fourth-order valence-corrected chi connectivity index (χ4v) is 2.93. The molecule has 6 heteroatoms. The lowest BCUT2D eigenvalue weighted by molar-refractivity contribution is 0.0836. The molecule has 0 unspecified atom stereocenters.